The zero-order chi connectivity index (χ0) is 19.3. The van der Waals surface area contributed by atoms with Crippen LogP contribution in [0.5, 0.6) is 0 Å². The molecule has 3 heterocycles. The van der Waals surface area contributed by atoms with Gasteiger partial charge in [-0.05, 0) is 57.2 Å². The molecule has 4 rings (SSSR count). The Labute approximate surface area is 166 Å². The van der Waals surface area contributed by atoms with Gasteiger partial charge in [0.05, 0.1) is 11.8 Å². The molecule has 6 nitrogen and oxygen atoms in total. The second-order valence-electron chi connectivity index (χ2n) is 7.67. The molecule has 0 unspecified atom stereocenters. The SMILES string of the molecule is Cc1cc(-c2cccc(C(=O)NC[C@H]3CCCCO3)c2)nc(N2CCCC2)n1. The number of carbonyl (C=O) groups is 1. The minimum Gasteiger partial charge on any atom is -0.376 e. The molecule has 2 aromatic rings. The van der Waals surface area contributed by atoms with Crippen LogP contribution in [-0.2, 0) is 4.74 Å². The standard InChI is InChI=1S/C22H28N4O2/c1-16-13-20(25-22(24-16)26-10-3-4-11-26)17-7-6-8-18(14-17)21(27)23-15-19-9-2-5-12-28-19/h6-8,13-14,19H,2-5,9-12,15H2,1H3,(H,23,27)/t19-/m1/s1. The molecule has 1 aromatic carbocycles. The summed E-state index contributed by atoms with van der Waals surface area (Å²) >= 11 is 0. The first-order chi connectivity index (χ1) is 13.7. The summed E-state index contributed by atoms with van der Waals surface area (Å²) in [4.78, 5) is 24.2. The van der Waals surface area contributed by atoms with E-state index >= 15 is 0 Å². The van der Waals surface area contributed by atoms with Crippen molar-refractivity contribution in [2.45, 2.75) is 45.1 Å². The molecule has 2 aliphatic rings. The smallest absolute Gasteiger partial charge is 0.251 e. The number of benzene rings is 1. The average molecular weight is 380 g/mol. The third-order valence-corrected chi connectivity index (χ3v) is 5.42. The Morgan fingerprint density at radius 1 is 1.18 bits per heavy atom. The van der Waals surface area contributed by atoms with Gasteiger partial charge in [0, 0.05) is 43.1 Å². The Morgan fingerprint density at radius 2 is 2.04 bits per heavy atom. The van der Waals surface area contributed by atoms with Gasteiger partial charge in [0.2, 0.25) is 5.95 Å². The van der Waals surface area contributed by atoms with E-state index in [0.717, 1.165) is 55.4 Å². The summed E-state index contributed by atoms with van der Waals surface area (Å²) in [6, 6.07) is 9.64. The van der Waals surface area contributed by atoms with Crippen molar-refractivity contribution in [1.82, 2.24) is 15.3 Å². The lowest BCUT2D eigenvalue weighted by atomic mass is 10.1. The minimum atomic E-state index is -0.0680. The number of anilines is 1. The van der Waals surface area contributed by atoms with E-state index in [2.05, 4.69) is 15.2 Å². The zero-order valence-electron chi connectivity index (χ0n) is 16.5. The lowest BCUT2D eigenvalue weighted by Gasteiger charge is -2.22. The Morgan fingerprint density at radius 3 is 2.82 bits per heavy atom. The highest BCUT2D eigenvalue weighted by Gasteiger charge is 2.18. The predicted octanol–water partition coefficient (Wildman–Crippen LogP) is 3.35. The monoisotopic (exact) mass is 380 g/mol. The molecule has 0 radical (unpaired) electrons. The van der Waals surface area contributed by atoms with E-state index in [-0.39, 0.29) is 12.0 Å². The second-order valence-corrected chi connectivity index (χ2v) is 7.67. The van der Waals surface area contributed by atoms with E-state index in [9.17, 15) is 4.79 Å². The summed E-state index contributed by atoms with van der Waals surface area (Å²) in [7, 11) is 0. The van der Waals surface area contributed by atoms with Crippen LogP contribution < -0.4 is 10.2 Å². The summed E-state index contributed by atoms with van der Waals surface area (Å²) < 4.78 is 5.70. The van der Waals surface area contributed by atoms with Crippen LogP contribution in [0.3, 0.4) is 0 Å². The molecule has 1 N–H and O–H groups in total. The van der Waals surface area contributed by atoms with Gasteiger partial charge in [0.25, 0.3) is 5.91 Å². The molecule has 0 bridgehead atoms. The topological polar surface area (TPSA) is 67.3 Å². The number of aryl methyl sites for hydroxylation is 1. The normalized spacial score (nSPS) is 19.6. The van der Waals surface area contributed by atoms with Crippen molar-refractivity contribution >= 4 is 11.9 Å². The first-order valence-electron chi connectivity index (χ1n) is 10.3. The maximum Gasteiger partial charge on any atom is 0.251 e. The van der Waals surface area contributed by atoms with Crippen LogP contribution in [0.1, 0.15) is 48.2 Å². The van der Waals surface area contributed by atoms with Gasteiger partial charge in [-0.15, -0.1) is 0 Å². The molecule has 28 heavy (non-hydrogen) atoms. The van der Waals surface area contributed by atoms with Crippen LogP contribution in [0.2, 0.25) is 0 Å². The van der Waals surface area contributed by atoms with Gasteiger partial charge >= 0.3 is 0 Å². The van der Waals surface area contributed by atoms with Gasteiger partial charge in [-0.1, -0.05) is 12.1 Å². The maximum absolute atomic E-state index is 12.6. The number of ether oxygens (including phenoxy) is 1. The molecule has 0 spiro atoms. The first kappa shape index (κ1) is 18.9. The van der Waals surface area contributed by atoms with E-state index in [1.807, 2.05) is 37.3 Å². The fourth-order valence-electron chi connectivity index (χ4n) is 3.86. The molecule has 6 heteroatoms. The van der Waals surface area contributed by atoms with E-state index in [4.69, 9.17) is 9.72 Å². The molecular weight excluding hydrogens is 352 g/mol. The van der Waals surface area contributed by atoms with E-state index in [0.29, 0.717) is 12.1 Å². The summed E-state index contributed by atoms with van der Waals surface area (Å²) in [6.45, 7) is 5.37. The molecule has 1 aromatic heterocycles. The first-order valence-corrected chi connectivity index (χ1v) is 10.3. The fourth-order valence-corrected chi connectivity index (χ4v) is 3.86. The van der Waals surface area contributed by atoms with Crippen molar-refractivity contribution in [2.24, 2.45) is 0 Å². The lowest BCUT2D eigenvalue weighted by molar-refractivity contribution is 0.0169. The third kappa shape index (κ3) is 4.50. The lowest BCUT2D eigenvalue weighted by Crippen LogP contribution is -2.35. The molecule has 0 saturated carbocycles. The highest BCUT2D eigenvalue weighted by Crippen LogP contribution is 2.23. The van der Waals surface area contributed by atoms with Gasteiger partial charge in [-0.3, -0.25) is 4.79 Å². The molecule has 1 amide bonds. The molecule has 2 saturated heterocycles. The van der Waals surface area contributed by atoms with Crippen molar-refractivity contribution < 1.29 is 9.53 Å². The van der Waals surface area contributed by atoms with Crippen LogP contribution in [-0.4, -0.2) is 48.2 Å². The van der Waals surface area contributed by atoms with Gasteiger partial charge in [-0.2, -0.15) is 0 Å². The number of aromatic nitrogens is 2. The van der Waals surface area contributed by atoms with Gasteiger partial charge in [0.15, 0.2) is 0 Å². The Kier molecular flexibility index (Phi) is 5.86. The molecule has 148 valence electrons. The van der Waals surface area contributed by atoms with Crippen LogP contribution in [0.25, 0.3) is 11.3 Å². The molecular formula is C22H28N4O2. The number of rotatable bonds is 5. The predicted molar refractivity (Wildman–Crippen MR) is 110 cm³/mol. The quantitative estimate of drug-likeness (QED) is 0.862. The molecule has 2 fully saturated rings. The van der Waals surface area contributed by atoms with Crippen LogP contribution >= 0.6 is 0 Å². The van der Waals surface area contributed by atoms with Crippen molar-refractivity contribution in [3.8, 4) is 11.3 Å². The number of hydrogen-bond acceptors (Lipinski definition) is 5. The van der Waals surface area contributed by atoms with E-state index in [1.165, 1.54) is 19.3 Å². The summed E-state index contributed by atoms with van der Waals surface area (Å²) in [6.07, 6.45) is 5.81. The van der Waals surface area contributed by atoms with Crippen molar-refractivity contribution in [2.75, 3.05) is 31.1 Å². The summed E-state index contributed by atoms with van der Waals surface area (Å²) in [5.74, 6) is 0.721. The number of nitrogens with zero attached hydrogens (tertiary/aromatic N) is 3. The van der Waals surface area contributed by atoms with Gasteiger partial charge in [-0.25, -0.2) is 9.97 Å². The van der Waals surface area contributed by atoms with Crippen molar-refractivity contribution in [3.05, 3.63) is 41.6 Å². The maximum atomic E-state index is 12.6. The van der Waals surface area contributed by atoms with Crippen molar-refractivity contribution in [1.29, 1.82) is 0 Å². The van der Waals surface area contributed by atoms with Gasteiger partial charge in [0.1, 0.15) is 0 Å². The molecule has 2 aliphatic heterocycles. The zero-order valence-corrected chi connectivity index (χ0v) is 16.5. The van der Waals surface area contributed by atoms with E-state index in [1.54, 1.807) is 0 Å². The molecule has 0 aliphatic carbocycles. The van der Waals surface area contributed by atoms with Crippen LogP contribution in [0.15, 0.2) is 30.3 Å². The second kappa shape index (κ2) is 8.69. The number of hydrogen-bond donors (Lipinski definition) is 1. The summed E-state index contributed by atoms with van der Waals surface area (Å²) in [5, 5.41) is 3.01. The number of carbonyl (C=O) groups excluding carboxylic acids is 1. The van der Waals surface area contributed by atoms with Gasteiger partial charge < -0.3 is 15.0 Å². The van der Waals surface area contributed by atoms with Crippen LogP contribution in [0, 0.1) is 6.92 Å². The largest absolute Gasteiger partial charge is 0.376 e. The number of nitrogens with one attached hydrogen (secondary N) is 1. The fraction of sp³-hybridized carbons (Fsp3) is 0.500. The molecule has 1 atom stereocenters. The Hall–Kier alpha value is -2.47. The highest BCUT2D eigenvalue weighted by atomic mass is 16.5. The average Bonchev–Trinajstić information content (AvgIpc) is 3.27. The van der Waals surface area contributed by atoms with E-state index < -0.39 is 0 Å². The Bertz CT molecular complexity index is 827. The van der Waals surface area contributed by atoms with Crippen LogP contribution in [0.4, 0.5) is 5.95 Å². The van der Waals surface area contributed by atoms with Crippen molar-refractivity contribution in [3.63, 3.8) is 0 Å². The Balaban J connectivity index is 1.49. The minimum absolute atomic E-state index is 0.0680. The highest BCUT2D eigenvalue weighted by molar-refractivity contribution is 5.95. The summed E-state index contributed by atoms with van der Waals surface area (Å²) in [5.41, 5.74) is 3.38. The third-order valence-electron chi connectivity index (χ3n) is 5.42. The number of amides is 1.